The topological polar surface area (TPSA) is 58.4 Å². The molecule has 2 atom stereocenters. The number of fused-ring (bicyclic) bond motifs is 1. The van der Waals surface area contributed by atoms with Gasteiger partial charge in [-0.3, -0.25) is 19.2 Å². The van der Waals surface area contributed by atoms with E-state index in [9.17, 15) is 9.59 Å². The van der Waals surface area contributed by atoms with Crippen LogP contribution in [0.2, 0.25) is 0 Å². The van der Waals surface area contributed by atoms with Gasteiger partial charge in [0, 0.05) is 19.8 Å². The summed E-state index contributed by atoms with van der Waals surface area (Å²) < 4.78 is 1.71. The monoisotopic (exact) mass is 276 g/mol. The molecule has 0 N–H and O–H groups in total. The van der Waals surface area contributed by atoms with Crippen molar-refractivity contribution < 1.29 is 9.59 Å². The van der Waals surface area contributed by atoms with Crippen LogP contribution >= 0.6 is 0 Å². The third kappa shape index (κ3) is 1.74. The summed E-state index contributed by atoms with van der Waals surface area (Å²) in [6.07, 6.45) is 4.27. The summed E-state index contributed by atoms with van der Waals surface area (Å²) in [6.45, 7) is 4.52. The van der Waals surface area contributed by atoms with E-state index >= 15 is 0 Å². The third-order valence-corrected chi connectivity index (χ3v) is 4.28. The largest absolute Gasteiger partial charge is 0.329 e. The van der Waals surface area contributed by atoms with Crippen molar-refractivity contribution >= 4 is 17.5 Å². The van der Waals surface area contributed by atoms with Gasteiger partial charge in [-0.25, -0.2) is 0 Å². The van der Waals surface area contributed by atoms with E-state index in [0.29, 0.717) is 6.54 Å². The van der Waals surface area contributed by atoms with E-state index in [-0.39, 0.29) is 17.9 Å². The maximum Gasteiger partial charge on any atom is 0.250 e. The molecule has 6 heteroatoms. The van der Waals surface area contributed by atoms with Crippen LogP contribution in [0.5, 0.6) is 0 Å². The lowest BCUT2D eigenvalue weighted by molar-refractivity contribution is -0.143. The predicted molar refractivity (Wildman–Crippen MR) is 74.3 cm³/mol. The van der Waals surface area contributed by atoms with Crippen molar-refractivity contribution in [2.45, 2.75) is 45.2 Å². The first kappa shape index (κ1) is 13.1. The van der Waals surface area contributed by atoms with Gasteiger partial charge in [0.1, 0.15) is 12.1 Å². The minimum absolute atomic E-state index is 0.0392. The summed E-state index contributed by atoms with van der Waals surface area (Å²) in [5.41, 5.74) is 1.65. The Morgan fingerprint density at radius 1 is 1.35 bits per heavy atom. The number of anilines is 1. The summed E-state index contributed by atoms with van der Waals surface area (Å²) in [7, 11) is 1.84. The zero-order valence-electron chi connectivity index (χ0n) is 12.2. The van der Waals surface area contributed by atoms with Crippen LogP contribution in [0, 0.1) is 0 Å². The molecule has 2 aliphatic heterocycles. The van der Waals surface area contributed by atoms with Crippen LogP contribution in [-0.4, -0.2) is 45.1 Å². The zero-order chi connectivity index (χ0) is 14.4. The average Bonchev–Trinajstić information content (AvgIpc) is 3.03. The SMILES string of the molecule is CCc1nn(C)cc1N1C(=O)C2CCCN2C(=O)C1C. The van der Waals surface area contributed by atoms with Gasteiger partial charge in [-0.2, -0.15) is 5.10 Å². The molecule has 3 heterocycles. The van der Waals surface area contributed by atoms with Crippen molar-refractivity contribution in [1.82, 2.24) is 14.7 Å². The van der Waals surface area contributed by atoms with Crippen LogP contribution in [0.1, 0.15) is 32.4 Å². The van der Waals surface area contributed by atoms with Gasteiger partial charge in [0.2, 0.25) is 5.91 Å². The molecule has 108 valence electrons. The number of amides is 2. The van der Waals surface area contributed by atoms with E-state index in [1.807, 2.05) is 20.2 Å². The molecule has 1 aromatic heterocycles. The number of hydrogen-bond donors (Lipinski definition) is 0. The normalized spacial score (nSPS) is 26.4. The van der Waals surface area contributed by atoms with Crippen LogP contribution in [0.25, 0.3) is 0 Å². The quantitative estimate of drug-likeness (QED) is 0.799. The van der Waals surface area contributed by atoms with Gasteiger partial charge < -0.3 is 4.90 Å². The maximum absolute atomic E-state index is 12.7. The molecule has 2 fully saturated rings. The summed E-state index contributed by atoms with van der Waals surface area (Å²) in [5, 5.41) is 4.38. The number of nitrogens with zero attached hydrogens (tertiary/aromatic N) is 4. The molecule has 0 aliphatic carbocycles. The molecule has 0 bridgehead atoms. The second-order valence-electron chi connectivity index (χ2n) is 5.56. The van der Waals surface area contributed by atoms with E-state index < -0.39 is 6.04 Å². The Kier molecular flexibility index (Phi) is 3.03. The van der Waals surface area contributed by atoms with Crippen molar-refractivity contribution in [2.75, 3.05) is 11.4 Å². The van der Waals surface area contributed by atoms with Gasteiger partial charge in [0.15, 0.2) is 0 Å². The lowest BCUT2D eigenvalue weighted by Gasteiger charge is -2.40. The summed E-state index contributed by atoms with van der Waals surface area (Å²) in [5.74, 6) is 0.0929. The second-order valence-corrected chi connectivity index (χ2v) is 5.56. The van der Waals surface area contributed by atoms with Gasteiger partial charge in [-0.05, 0) is 26.2 Å². The smallest absolute Gasteiger partial charge is 0.250 e. The second kappa shape index (κ2) is 4.61. The Morgan fingerprint density at radius 3 is 2.80 bits per heavy atom. The average molecular weight is 276 g/mol. The highest BCUT2D eigenvalue weighted by atomic mass is 16.2. The first-order valence-electron chi connectivity index (χ1n) is 7.20. The molecule has 2 saturated heterocycles. The summed E-state index contributed by atoms with van der Waals surface area (Å²) >= 11 is 0. The van der Waals surface area contributed by atoms with E-state index in [1.165, 1.54) is 0 Å². The highest BCUT2D eigenvalue weighted by molar-refractivity contribution is 6.08. The Bertz CT molecular complexity index is 566. The van der Waals surface area contributed by atoms with Crippen LogP contribution < -0.4 is 4.90 Å². The Hall–Kier alpha value is -1.85. The molecular formula is C14H20N4O2. The van der Waals surface area contributed by atoms with Crippen molar-refractivity contribution in [3.8, 4) is 0 Å². The molecular weight excluding hydrogens is 256 g/mol. The number of rotatable bonds is 2. The number of aromatic nitrogens is 2. The minimum atomic E-state index is -0.439. The number of aryl methyl sites for hydroxylation is 2. The van der Waals surface area contributed by atoms with Crippen molar-refractivity contribution in [2.24, 2.45) is 7.05 Å². The maximum atomic E-state index is 12.7. The fourth-order valence-electron chi connectivity index (χ4n) is 3.29. The van der Waals surface area contributed by atoms with Crippen LogP contribution in [0.4, 0.5) is 5.69 Å². The third-order valence-electron chi connectivity index (χ3n) is 4.28. The Labute approximate surface area is 118 Å². The Balaban J connectivity index is 2.03. The van der Waals surface area contributed by atoms with Crippen molar-refractivity contribution in [3.63, 3.8) is 0 Å². The first-order valence-corrected chi connectivity index (χ1v) is 7.20. The fraction of sp³-hybridized carbons (Fsp3) is 0.643. The fourth-order valence-corrected chi connectivity index (χ4v) is 3.29. The van der Waals surface area contributed by atoms with Gasteiger partial charge >= 0.3 is 0 Å². The molecule has 0 spiro atoms. The van der Waals surface area contributed by atoms with E-state index in [4.69, 9.17) is 0 Å². The van der Waals surface area contributed by atoms with Gasteiger partial charge in [0.25, 0.3) is 5.91 Å². The van der Waals surface area contributed by atoms with Crippen molar-refractivity contribution in [3.05, 3.63) is 11.9 Å². The molecule has 3 rings (SSSR count). The minimum Gasteiger partial charge on any atom is -0.329 e. The lowest BCUT2D eigenvalue weighted by Crippen LogP contribution is -2.62. The van der Waals surface area contributed by atoms with E-state index in [0.717, 1.165) is 30.6 Å². The van der Waals surface area contributed by atoms with Crippen LogP contribution in [0.15, 0.2) is 6.20 Å². The van der Waals surface area contributed by atoms with Gasteiger partial charge in [-0.1, -0.05) is 6.92 Å². The van der Waals surface area contributed by atoms with Crippen LogP contribution in [0.3, 0.4) is 0 Å². The Morgan fingerprint density at radius 2 is 2.10 bits per heavy atom. The van der Waals surface area contributed by atoms with Crippen LogP contribution in [-0.2, 0) is 23.1 Å². The van der Waals surface area contributed by atoms with Crippen molar-refractivity contribution in [1.29, 1.82) is 0 Å². The molecule has 2 unspecified atom stereocenters. The number of carbonyl (C=O) groups is 2. The highest BCUT2D eigenvalue weighted by Gasteiger charge is 2.47. The standard InChI is InChI=1S/C14H20N4O2/c1-4-10-12(8-16(3)15-10)18-9(2)13(19)17-7-5-6-11(17)14(18)20/h8-9,11H,4-7H2,1-3H3. The van der Waals surface area contributed by atoms with Gasteiger partial charge in [0.05, 0.1) is 11.4 Å². The predicted octanol–water partition coefficient (Wildman–Crippen LogP) is 0.709. The van der Waals surface area contributed by atoms with E-state index in [1.54, 1.807) is 21.4 Å². The molecule has 2 amide bonds. The van der Waals surface area contributed by atoms with E-state index in [2.05, 4.69) is 5.10 Å². The first-order chi connectivity index (χ1) is 9.54. The molecule has 20 heavy (non-hydrogen) atoms. The number of carbonyl (C=O) groups excluding carboxylic acids is 2. The summed E-state index contributed by atoms with van der Waals surface area (Å²) in [6, 6.07) is -0.713. The zero-order valence-corrected chi connectivity index (χ0v) is 12.2. The molecule has 6 nitrogen and oxygen atoms in total. The van der Waals surface area contributed by atoms with Gasteiger partial charge in [-0.15, -0.1) is 0 Å². The lowest BCUT2D eigenvalue weighted by atomic mass is 10.0. The number of hydrogen-bond acceptors (Lipinski definition) is 3. The molecule has 0 radical (unpaired) electrons. The molecule has 0 saturated carbocycles. The molecule has 0 aromatic carbocycles. The molecule has 2 aliphatic rings. The summed E-state index contributed by atoms with van der Waals surface area (Å²) in [4.78, 5) is 28.6. The highest BCUT2D eigenvalue weighted by Crippen LogP contribution is 2.32. The molecule has 1 aromatic rings. The number of piperazine rings is 1.